The Labute approximate surface area is 101 Å². The van der Waals surface area contributed by atoms with Crippen LogP contribution in [0.4, 0.5) is 0 Å². The van der Waals surface area contributed by atoms with Gasteiger partial charge >= 0.3 is 0 Å². The van der Waals surface area contributed by atoms with Crippen molar-refractivity contribution >= 4 is 20.1 Å². The standard InChI is InChI=1S/C14H21OP/c1-6-15-12-7-11(9(2)3)8-13(16)14(12)10(4)5/h7-8,10H,2,6,16H2,1,3-5H3. The second kappa shape index (κ2) is 5.50. The summed E-state index contributed by atoms with van der Waals surface area (Å²) in [5, 5.41) is 1.21. The van der Waals surface area contributed by atoms with Gasteiger partial charge in [0.25, 0.3) is 0 Å². The van der Waals surface area contributed by atoms with Crippen molar-refractivity contribution in [3.8, 4) is 5.75 Å². The van der Waals surface area contributed by atoms with E-state index in [4.69, 9.17) is 4.74 Å². The number of ether oxygens (including phenoxy) is 1. The molecule has 1 unspecified atom stereocenters. The van der Waals surface area contributed by atoms with Gasteiger partial charge in [-0.3, -0.25) is 0 Å². The molecule has 1 atom stereocenters. The Morgan fingerprint density at radius 3 is 2.50 bits per heavy atom. The number of benzene rings is 1. The van der Waals surface area contributed by atoms with E-state index in [1.165, 1.54) is 10.9 Å². The Hall–Kier alpha value is -0.810. The summed E-state index contributed by atoms with van der Waals surface area (Å²) in [4.78, 5) is 0. The third-order valence-corrected chi connectivity index (χ3v) is 3.02. The topological polar surface area (TPSA) is 9.23 Å². The fraction of sp³-hybridized carbons (Fsp3) is 0.429. The second-order valence-corrected chi connectivity index (χ2v) is 4.97. The maximum atomic E-state index is 5.72. The zero-order chi connectivity index (χ0) is 12.3. The molecule has 0 saturated carbocycles. The van der Waals surface area contributed by atoms with Gasteiger partial charge in [0.15, 0.2) is 0 Å². The molecule has 0 heterocycles. The van der Waals surface area contributed by atoms with Crippen LogP contribution >= 0.6 is 9.24 Å². The van der Waals surface area contributed by atoms with Gasteiger partial charge in [-0.05, 0) is 42.8 Å². The van der Waals surface area contributed by atoms with Gasteiger partial charge in [0, 0.05) is 5.56 Å². The largest absolute Gasteiger partial charge is 0.494 e. The molecule has 0 amide bonds. The van der Waals surface area contributed by atoms with Crippen LogP contribution in [0.25, 0.3) is 5.57 Å². The molecular weight excluding hydrogens is 215 g/mol. The van der Waals surface area contributed by atoms with Crippen LogP contribution < -0.4 is 10.0 Å². The van der Waals surface area contributed by atoms with Crippen molar-refractivity contribution in [2.75, 3.05) is 6.61 Å². The molecule has 0 aliphatic heterocycles. The van der Waals surface area contributed by atoms with Gasteiger partial charge in [-0.15, -0.1) is 9.24 Å². The van der Waals surface area contributed by atoms with Crippen molar-refractivity contribution in [3.05, 3.63) is 29.8 Å². The molecule has 0 saturated heterocycles. The first-order valence-corrected chi connectivity index (χ1v) is 6.27. The zero-order valence-corrected chi connectivity index (χ0v) is 11.8. The van der Waals surface area contributed by atoms with Gasteiger partial charge in [0.2, 0.25) is 0 Å². The second-order valence-electron chi connectivity index (χ2n) is 4.35. The van der Waals surface area contributed by atoms with E-state index in [0.717, 1.165) is 16.9 Å². The lowest BCUT2D eigenvalue weighted by Gasteiger charge is -2.17. The lowest BCUT2D eigenvalue weighted by Crippen LogP contribution is -2.09. The monoisotopic (exact) mass is 236 g/mol. The molecule has 1 nitrogen and oxygen atoms in total. The van der Waals surface area contributed by atoms with Gasteiger partial charge in [0.1, 0.15) is 5.75 Å². The van der Waals surface area contributed by atoms with Crippen molar-refractivity contribution in [1.82, 2.24) is 0 Å². The third kappa shape index (κ3) is 2.86. The molecule has 0 aromatic heterocycles. The van der Waals surface area contributed by atoms with Crippen LogP contribution in [0.1, 0.15) is 44.7 Å². The molecule has 1 rings (SSSR count). The highest BCUT2D eigenvalue weighted by atomic mass is 31.0. The molecule has 0 aliphatic rings. The molecule has 88 valence electrons. The van der Waals surface area contributed by atoms with E-state index >= 15 is 0 Å². The normalized spacial score (nSPS) is 10.6. The first kappa shape index (κ1) is 13.3. The van der Waals surface area contributed by atoms with Crippen molar-refractivity contribution in [2.24, 2.45) is 0 Å². The third-order valence-electron chi connectivity index (χ3n) is 2.54. The molecule has 0 spiro atoms. The molecule has 16 heavy (non-hydrogen) atoms. The van der Waals surface area contributed by atoms with E-state index < -0.39 is 0 Å². The van der Waals surface area contributed by atoms with Crippen LogP contribution in [0.15, 0.2) is 18.7 Å². The van der Waals surface area contributed by atoms with Crippen LogP contribution in [-0.4, -0.2) is 6.61 Å². The number of hydrogen-bond donors (Lipinski definition) is 0. The first-order chi connectivity index (χ1) is 7.47. The Balaban J connectivity index is 3.33. The maximum absolute atomic E-state index is 5.72. The number of rotatable bonds is 4. The summed E-state index contributed by atoms with van der Waals surface area (Å²) >= 11 is 0. The Morgan fingerprint density at radius 2 is 2.06 bits per heavy atom. The van der Waals surface area contributed by atoms with Gasteiger partial charge in [0.05, 0.1) is 6.61 Å². The first-order valence-electron chi connectivity index (χ1n) is 5.69. The minimum Gasteiger partial charge on any atom is -0.494 e. The van der Waals surface area contributed by atoms with E-state index in [9.17, 15) is 0 Å². The van der Waals surface area contributed by atoms with Gasteiger partial charge in [-0.2, -0.15) is 0 Å². The van der Waals surface area contributed by atoms with E-state index in [0.29, 0.717) is 12.5 Å². The Morgan fingerprint density at radius 1 is 1.44 bits per heavy atom. The van der Waals surface area contributed by atoms with Gasteiger partial charge < -0.3 is 4.74 Å². The lowest BCUT2D eigenvalue weighted by molar-refractivity contribution is 0.335. The van der Waals surface area contributed by atoms with Crippen LogP contribution in [0.5, 0.6) is 5.75 Å². The van der Waals surface area contributed by atoms with Crippen LogP contribution in [0, 0.1) is 0 Å². The highest BCUT2D eigenvalue weighted by Gasteiger charge is 2.12. The molecule has 0 N–H and O–H groups in total. The van der Waals surface area contributed by atoms with Crippen molar-refractivity contribution in [3.63, 3.8) is 0 Å². The minimum atomic E-state index is 0.466. The van der Waals surface area contributed by atoms with Crippen molar-refractivity contribution < 1.29 is 4.74 Å². The van der Waals surface area contributed by atoms with Crippen LogP contribution in [0.2, 0.25) is 0 Å². The summed E-state index contributed by atoms with van der Waals surface area (Å²) < 4.78 is 5.72. The predicted octanol–water partition coefficient (Wildman–Crippen LogP) is 3.74. The fourth-order valence-corrected chi connectivity index (χ4v) is 2.44. The van der Waals surface area contributed by atoms with E-state index in [2.05, 4.69) is 41.8 Å². The summed E-state index contributed by atoms with van der Waals surface area (Å²) in [7, 11) is 2.80. The molecule has 2 heteroatoms. The Bertz CT molecular complexity index is 394. The van der Waals surface area contributed by atoms with Crippen LogP contribution in [0.3, 0.4) is 0 Å². The van der Waals surface area contributed by atoms with Crippen molar-refractivity contribution in [1.29, 1.82) is 0 Å². The number of hydrogen-bond acceptors (Lipinski definition) is 1. The van der Waals surface area contributed by atoms with Crippen molar-refractivity contribution in [2.45, 2.75) is 33.6 Å². The maximum Gasteiger partial charge on any atom is 0.123 e. The van der Waals surface area contributed by atoms with Gasteiger partial charge in [-0.1, -0.05) is 26.0 Å². The molecule has 0 bridgehead atoms. The quantitative estimate of drug-likeness (QED) is 0.723. The summed E-state index contributed by atoms with van der Waals surface area (Å²) in [6.07, 6.45) is 0. The average molecular weight is 236 g/mol. The fourth-order valence-electron chi connectivity index (χ4n) is 1.79. The molecule has 0 radical (unpaired) electrons. The summed E-state index contributed by atoms with van der Waals surface area (Å²) in [5.41, 5.74) is 3.50. The van der Waals surface area contributed by atoms with Crippen LogP contribution in [-0.2, 0) is 0 Å². The number of allylic oxidation sites excluding steroid dienone is 1. The summed E-state index contributed by atoms with van der Waals surface area (Å²) in [5.74, 6) is 1.45. The lowest BCUT2D eigenvalue weighted by atomic mass is 9.98. The Kier molecular flexibility index (Phi) is 4.56. The smallest absolute Gasteiger partial charge is 0.123 e. The average Bonchev–Trinajstić information content (AvgIpc) is 2.16. The van der Waals surface area contributed by atoms with E-state index in [1.807, 2.05) is 13.8 Å². The molecule has 0 fully saturated rings. The predicted molar refractivity (Wildman–Crippen MR) is 75.8 cm³/mol. The zero-order valence-electron chi connectivity index (χ0n) is 10.6. The molecule has 1 aromatic rings. The SMILES string of the molecule is C=C(C)c1cc(P)c(C(C)C)c(OCC)c1. The molecule has 1 aromatic carbocycles. The summed E-state index contributed by atoms with van der Waals surface area (Å²) in [6, 6.07) is 4.25. The minimum absolute atomic E-state index is 0.466. The van der Waals surface area contributed by atoms with E-state index in [1.54, 1.807) is 0 Å². The highest BCUT2D eigenvalue weighted by molar-refractivity contribution is 7.27. The molecular formula is C14H21OP. The van der Waals surface area contributed by atoms with E-state index in [-0.39, 0.29) is 0 Å². The van der Waals surface area contributed by atoms with Gasteiger partial charge in [-0.25, -0.2) is 0 Å². The summed E-state index contributed by atoms with van der Waals surface area (Å²) in [6.45, 7) is 13.1. The molecule has 0 aliphatic carbocycles. The highest BCUT2D eigenvalue weighted by Crippen LogP contribution is 2.29.